The molecule has 2 atom stereocenters. The number of aromatic nitrogens is 2. The molecular weight excluding hydrogens is 513 g/mol. The van der Waals surface area contributed by atoms with E-state index in [0.29, 0.717) is 45.4 Å². The van der Waals surface area contributed by atoms with E-state index in [1.165, 1.54) is 29.0 Å². The van der Waals surface area contributed by atoms with Crippen molar-refractivity contribution in [1.82, 2.24) is 24.7 Å². The minimum absolute atomic E-state index is 0.0132. The molecule has 0 radical (unpaired) electrons. The number of carbonyl (C=O) groups excluding carboxylic acids is 2. The molecule has 1 aromatic heterocycles. The number of piperidine rings is 2. The van der Waals surface area contributed by atoms with Crippen LogP contribution in [0.3, 0.4) is 0 Å². The van der Waals surface area contributed by atoms with Gasteiger partial charge < -0.3 is 20.2 Å². The van der Waals surface area contributed by atoms with Crippen LogP contribution >= 0.6 is 0 Å². The van der Waals surface area contributed by atoms with Gasteiger partial charge in [-0.15, -0.1) is 0 Å². The summed E-state index contributed by atoms with van der Waals surface area (Å²) in [7, 11) is 0. The fourth-order valence-corrected chi connectivity index (χ4v) is 5.80. The largest absolute Gasteiger partial charge is 0.451 e. The van der Waals surface area contributed by atoms with E-state index >= 15 is 0 Å². The maximum atomic E-state index is 13.6. The zero-order valence-corrected chi connectivity index (χ0v) is 21.8. The molecule has 9 nitrogen and oxygen atoms in total. The lowest BCUT2D eigenvalue weighted by atomic mass is 9.94. The second-order valence-corrected chi connectivity index (χ2v) is 10.5. The summed E-state index contributed by atoms with van der Waals surface area (Å²) < 4.78 is 40.9. The van der Waals surface area contributed by atoms with Crippen LogP contribution in [-0.4, -0.2) is 92.5 Å². The Balaban J connectivity index is 1.27. The number of hydrogen-bond donors (Lipinski definition) is 2. The van der Waals surface area contributed by atoms with E-state index in [9.17, 15) is 27.9 Å². The summed E-state index contributed by atoms with van der Waals surface area (Å²) in [6.45, 7) is 4.30. The highest BCUT2D eigenvalue weighted by Gasteiger charge is 2.39. The van der Waals surface area contributed by atoms with Gasteiger partial charge in [0.2, 0.25) is 11.7 Å². The predicted octanol–water partition coefficient (Wildman–Crippen LogP) is 2.55. The zero-order valence-electron chi connectivity index (χ0n) is 21.8. The SMILES string of the molecule is CC(=O)N1CCC(Nc2cc(C(=O)N3CC[C@@H](N4CCc5ccccc5C4)[C@H](O)C3)nc(C(F)(F)F)n2)CC1. The molecule has 5 rings (SSSR count). The van der Waals surface area contributed by atoms with Gasteiger partial charge in [-0.2, -0.15) is 13.2 Å². The molecule has 2 N–H and O–H groups in total. The second kappa shape index (κ2) is 11.1. The molecule has 4 heterocycles. The van der Waals surface area contributed by atoms with Crippen LogP contribution in [-0.2, 0) is 23.9 Å². The van der Waals surface area contributed by atoms with Gasteiger partial charge in [0.1, 0.15) is 11.5 Å². The lowest BCUT2D eigenvalue weighted by molar-refractivity contribution is -0.145. The molecule has 12 heteroatoms. The minimum Gasteiger partial charge on any atom is -0.390 e. The monoisotopic (exact) mass is 546 g/mol. The summed E-state index contributed by atoms with van der Waals surface area (Å²) in [4.78, 5) is 37.3. The molecule has 2 amide bonds. The summed E-state index contributed by atoms with van der Waals surface area (Å²) in [6, 6.07) is 9.12. The van der Waals surface area contributed by atoms with Gasteiger partial charge in [0.05, 0.1) is 6.10 Å². The van der Waals surface area contributed by atoms with Gasteiger partial charge in [0.25, 0.3) is 5.91 Å². The molecular formula is C27H33F3N6O3. The fraction of sp³-hybridized carbons (Fsp3) is 0.556. The van der Waals surface area contributed by atoms with Crippen molar-refractivity contribution in [1.29, 1.82) is 0 Å². The third-order valence-corrected chi connectivity index (χ3v) is 7.95. The Kier molecular flexibility index (Phi) is 7.77. The Labute approximate surface area is 225 Å². The van der Waals surface area contributed by atoms with Crippen LogP contribution in [0.15, 0.2) is 30.3 Å². The molecule has 0 saturated carbocycles. The number of alkyl halides is 3. The number of nitrogens with one attached hydrogen (secondary N) is 1. The molecule has 0 unspecified atom stereocenters. The Hall–Kier alpha value is -3.25. The van der Waals surface area contributed by atoms with Gasteiger partial charge in [-0.1, -0.05) is 24.3 Å². The summed E-state index contributed by atoms with van der Waals surface area (Å²) in [5.74, 6) is -2.18. The highest BCUT2D eigenvalue weighted by molar-refractivity contribution is 5.93. The lowest BCUT2D eigenvalue weighted by Gasteiger charge is -2.43. The third kappa shape index (κ3) is 6.17. The standard InChI is InChI=1S/C27H33F3N6O3/c1-17(37)34-11-7-20(8-12-34)31-24-14-21(32-26(33-24)27(28,29)30)25(39)36-13-9-22(23(38)16-36)35-10-6-18-4-2-3-5-19(18)15-35/h2-5,14,20,22-23,38H,6-13,15-16H2,1H3,(H,31,32,33)/t22-,23-/m1/s1. The van der Waals surface area contributed by atoms with Gasteiger partial charge >= 0.3 is 6.18 Å². The fourth-order valence-electron chi connectivity index (χ4n) is 5.80. The first-order valence-electron chi connectivity index (χ1n) is 13.3. The number of rotatable bonds is 4. The molecule has 0 aliphatic carbocycles. The van der Waals surface area contributed by atoms with Crippen molar-refractivity contribution in [3.05, 3.63) is 53.0 Å². The van der Waals surface area contributed by atoms with Crippen molar-refractivity contribution < 1.29 is 27.9 Å². The average molecular weight is 547 g/mol. The van der Waals surface area contributed by atoms with Crippen LogP contribution in [0, 0.1) is 0 Å². The summed E-state index contributed by atoms with van der Waals surface area (Å²) in [5.41, 5.74) is 2.16. The number of anilines is 1. The van der Waals surface area contributed by atoms with E-state index in [0.717, 1.165) is 13.0 Å². The minimum atomic E-state index is -4.83. The van der Waals surface area contributed by atoms with Gasteiger partial charge in [-0.3, -0.25) is 14.5 Å². The van der Waals surface area contributed by atoms with Crippen molar-refractivity contribution in [2.24, 2.45) is 0 Å². The average Bonchev–Trinajstić information content (AvgIpc) is 2.92. The van der Waals surface area contributed by atoms with Crippen molar-refractivity contribution in [2.75, 3.05) is 38.0 Å². The smallest absolute Gasteiger partial charge is 0.390 e. The van der Waals surface area contributed by atoms with Crippen molar-refractivity contribution >= 4 is 17.6 Å². The molecule has 3 aliphatic heterocycles. The van der Waals surface area contributed by atoms with E-state index < -0.39 is 24.0 Å². The van der Waals surface area contributed by atoms with Crippen molar-refractivity contribution in [3.63, 3.8) is 0 Å². The number of aliphatic hydroxyl groups is 1. The number of β-amino-alcohol motifs (C(OH)–C–C–N with tert-alkyl or cyclic N) is 1. The molecule has 2 fully saturated rings. The van der Waals surface area contributed by atoms with Crippen molar-refractivity contribution in [2.45, 2.75) is 63.5 Å². The molecule has 2 aromatic rings. The Morgan fingerprint density at radius 2 is 1.69 bits per heavy atom. The Morgan fingerprint density at radius 1 is 1.00 bits per heavy atom. The summed E-state index contributed by atoms with van der Waals surface area (Å²) in [6.07, 6.45) is -3.18. The van der Waals surface area contributed by atoms with Gasteiger partial charge in [0, 0.05) is 64.3 Å². The van der Waals surface area contributed by atoms with Crippen LogP contribution in [0.5, 0.6) is 0 Å². The second-order valence-electron chi connectivity index (χ2n) is 10.5. The van der Waals surface area contributed by atoms with Crippen LogP contribution in [0.1, 0.15) is 53.6 Å². The van der Waals surface area contributed by atoms with E-state index in [4.69, 9.17) is 0 Å². The van der Waals surface area contributed by atoms with Gasteiger partial charge in [0.15, 0.2) is 0 Å². The lowest BCUT2D eigenvalue weighted by Crippen LogP contribution is -2.56. The van der Waals surface area contributed by atoms with E-state index in [1.54, 1.807) is 4.90 Å². The number of benzene rings is 1. The number of likely N-dealkylation sites (tertiary alicyclic amines) is 2. The number of carbonyl (C=O) groups is 2. The summed E-state index contributed by atoms with van der Waals surface area (Å²) in [5, 5.41) is 14.0. The first-order chi connectivity index (χ1) is 18.6. The molecule has 39 heavy (non-hydrogen) atoms. The number of hydrogen-bond acceptors (Lipinski definition) is 7. The van der Waals surface area contributed by atoms with Crippen LogP contribution in [0.2, 0.25) is 0 Å². The van der Waals surface area contributed by atoms with Crippen molar-refractivity contribution in [3.8, 4) is 0 Å². The first kappa shape index (κ1) is 27.3. The maximum absolute atomic E-state index is 13.6. The molecule has 0 spiro atoms. The Morgan fingerprint density at radius 3 is 2.36 bits per heavy atom. The van der Waals surface area contributed by atoms with E-state index in [-0.39, 0.29) is 36.0 Å². The normalized spacial score (nSPS) is 22.9. The highest BCUT2D eigenvalue weighted by Crippen LogP contribution is 2.29. The number of amides is 2. The molecule has 2 saturated heterocycles. The molecule has 3 aliphatic rings. The molecule has 0 bridgehead atoms. The highest BCUT2D eigenvalue weighted by atomic mass is 19.4. The van der Waals surface area contributed by atoms with Crippen LogP contribution < -0.4 is 5.32 Å². The van der Waals surface area contributed by atoms with Crippen LogP contribution in [0.4, 0.5) is 19.0 Å². The van der Waals surface area contributed by atoms with E-state index in [1.807, 2.05) is 12.1 Å². The predicted molar refractivity (Wildman–Crippen MR) is 137 cm³/mol. The third-order valence-electron chi connectivity index (χ3n) is 7.95. The topological polar surface area (TPSA) is 102 Å². The first-order valence-corrected chi connectivity index (χ1v) is 13.3. The number of aliphatic hydroxyl groups excluding tert-OH is 1. The van der Waals surface area contributed by atoms with Gasteiger partial charge in [-0.05, 0) is 36.8 Å². The maximum Gasteiger partial charge on any atom is 0.451 e. The van der Waals surface area contributed by atoms with E-state index in [2.05, 4.69) is 32.3 Å². The number of nitrogens with zero attached hydrogens (tertiary/aromatic N) is 5. The van der Waals surface area contributed by atoms with Crippen LogP contribution in [0.25, 0.3) is 0 Å². The summed E-state index contributed by atoms with van der Waals surface area (Å²) >= 11 is 0. The quantitative estimate of drug-likeness (QED) is 0.608. The Bertz CT molecular complexity index is 1220. The number of fused-ring (bicyclic) bond motifs is 1. The zero-order chi connectivity index (χ0) is 27.7. The molecule has 1 aromatic carbocycles. The number of halogens is 3. The van der Waals surface area contributed by atoms with Gasteiger partial charge in [-0.25, -0.2) is 9.97 Å². The molecule has 210 valence electrons.